The summed E-state index contributed by atoms with van der Waals surface area (Å²) in [7, 11) is 0. The van der Waals surface area contributed by atoms with Gasteiger partial charge in [0.25, 0.3) is 0 Å². The first-order valence-corrected chi connectivity index (χ1v) is 7.59. The highest BCUT2D eigenvalue weighted by Gasteiger charge is 2.18. The molecule has 0 spiro atoms. The largest absolute Gasteiger partial charge is 0.494 e. The molecule has 0 fully saturated rings. The molecule has 1 aromatic rings. The molecule has 0 aliphatic rings. The van der Waals surface area contributed by atoms with Crippen molar-refractivity contribution < 1.29 is 14.3 Å². The van der Waals surface area contributed by atoms with Crippen LogP contribution in [0.4, 0.5) is 0 Å². The smallest absolute Gasteiger partial charge is 0.314 e. The van der Waals surface area contributed by atoms with E-state index in [2.05, 4.69) is 6.58 Å². The van der Waals surface area contributed by atoms with Gasteiger partial charge in [0.05, 0.1) is 12.5 Å². The van der Waals surface area contributed by atoms with Crippen LogP contribution in [0, 0.1) is 11.8 Å². The zero-order valence-electron chi connectivity index (χ0n) is 14.1. The van der Waals surface area contributed by atoms with Crippen molar-refractivity contribution in [3.63, 3.8) is 0 Å². The third-order valence-electron chi connectivity index (χ3n) is 3.09. The first-order chi connectivity index (χ1) is 9.95. The minimum atomic E-state index is -0.202. The summed E-state index contributed by atoms with van der Waals surface area (Å²) in [5, 5.41) is 0. The zero-order valence-corrected chi connectivity index (χ0v) is 14.1. The second kappa shape index (κ2) is 10.0. The highest BCUT2D eigenvalue weighted by Crippen LogP contribution is 2.20. The molecule has 0 heterocycles. The van der Waals surface area contributed by atoms with Crippen LogP contribution in [0.3, 0.4) is 0 Å². The molecule has 3 heteroatoms. The van der Waals surface area contributed by atoms with Crippen LogP contribution >= 0.6 is 0 Å². The van der Waals surface area contributed by atoms with Crippen molar-refractivity contribution in [3.8, 4) is 5.75 Å². The lowest BCUT2D eigenvalue weighted by Crippen LogP contribution is -2.22. The summed E-state index contributed by atoms with van der Waals surface area (Å²) in [6.45, 7) is 16.2. The summed E-state index contributed by atoms with van der Waals surface area (Å²) in [6.07, 6.45) is 0. The van der Waals surface area contributed by atoms with Gasteiger partial charge in [0.15, 0.2) is 0 Å². The molecule has 118 valence electrons. The molecule has 0 amide bonds. The molecule has 1 aromatic carbocycles. The molecular formula is C18H28O3. The highest BCUT2D eigenvalue weighted by molar-refractivity contribution is 5.75. The van der Waals surface area contributed by atoms with Crippen molar-refractivity contribution >= 4 is 11.7 Å². The van der Waals surface area contributed by atoms with Crippen molar-refractivity contribution in [2.75, 3.05) is 6.61 Å². The number of hydrogen-bond donors (Lipinski definition) is 0. The van der Waals surface area contributed by atoms with Crippen molar-refractivity contribution in [1.29, 1.82) is 0 Å². The fourth-order valence-corrected chi connectivity index (χ4v) is 1.45. The molecular weight excluding hydrogens is 264 g/mol. The molecule has 21 heavy (non-hydrogen) atoms. The van der Waals surface area contributed by atoms with E-state index in [-0.39, 0.29) is 17.8 Å². The van der Waals surface area contributed by atoms with Gasteiger partial charge in [-0.1, -0.05) is 41.2 Å². The van der Waals surface area contributed by atoms with Gasteiger partial charge >= 0.3 is 5.97 Å². The molecule has 0 saturated heterocycles. The van der Waals surface area contributed by atoms with Crippen molar-refractivity contribution in [1.82, 2.24) is 0 Å². The fraction of sp³-hybridized carbons (Fsp3) is 0.500. The van der Waals surface area contributed by atoms with Gasteiger partial charge in [0, 0.05) is 5.56 Å². The number of rotatable bonds is 6. The fourth-order valence-electron chi connectivity index (χ4n) is 1.45. The molecule has 0 aliphatic carbocycles. The average molecular weight is 292 g/mol. The SMILES string of the molecule is C=C(OCC)c1ccc(OC(=O)C(C)C(C)C)cc1.CC. The molecule has 0 bridgehead atoms. The highest BCUT2D eigenvalue weighted by atomic mass is 16.5. The van der Waals surface area contributed by atoms with Crippen LogP contribution in [-0.2, 0) is 9.53 Å². The maximum Gasteiger partial charge on any atom is 0.314 e. The lowest BCUT2D eigenvalue weighted by molar-refractivity contribution is -0.139. The van der Waals surface area contributed by atoms with Crippen molar-refractivity contribution in [2.24, 2.45) is 11.8 Å². The Labute approximate surface area is 129 Å². The summed E-state index contributed by atoms with van der Waals surface area (Å²) >= 11 is 0. The normalized spacial score (nSPS) is 11.2. The molecule has 0 aromatic heterocycles. The number of ether oxygens (including phenoxy) is 2. The Bertz CT molecular complexity index is 432. The second-order valence-corrected chi connectivity index (χ2v) is 4.83. The Balaban J connectivity index is 0.00000191. The summed E-state index contributed by atoms with van der Waals surface area (Å²) in [6, 6.07) is 7.18. The first-order valence-electron chi connectivity index (χ1n) is 7.59. The van der Waals surface area contributed by atoms with Gasteiger partial charge in [-0.25, -0.2) is 0 Å². The van der Waals surface area contributed by atoms with Crippen molar-refractivity contribution in [3.05, 3.63) is 36.4 Å². The third kappa shape index (κ3) is 6.48. The van der Waals surface area contributed by atoms with E-state index < -0.39 is 0 Å². The van der Waals surface area contributed by atoms with Crippen LogP contribution < -0.4 is 4.74 Å². The Morgan fingerprint density at radius 1 is 1.14 bits per heavy atom. The van der Waals surface area contributed by atoms with Gasteiger partial charge in [-0.05, 0) is 37.1 Å². The van der Waals surface area contributed by atoms with Crippen LogP contribution in [0.5, 0.6) is 5.75 Å². The zero-order chi connectivity index (χ0) is 16.4. The van der Waals surface area contributed by atoms with Gasteiger partial charge in [-0.3, -0.25) is 4.79 Å². The molecule has 1 rings (SSSR count). The molecule has 3 nitrogen and oxygen atoms in total. The van der Waals surface area contributed by atoms with Gasteiger partial charge in [-0.2, -0.15) is 0 Å². The van der Waals surface area contributed by atoms with Gasteiger partial charge < -0.3 is 9.47 Å². The van der Waals surface area contributed by atoms with E-state index in [4.69, 9.17) is 9.47 Å². The Morgan fingerprint density at radius 3 is 2.10 bits per heavy atom. The van der Waals surface area contributed by atoms with E-state index in [9.17, 15) is 4.79 Å². The minimum Gasteiger partial charge on any atom is -0.494 e. The second-order valence-electron chi connectivity index (χ2n) is 4.83. The van der Waals surface area contributed by atoms with Crippen LogP contribution in [0.15, 0.2) is 30.8 Å². The lowest BCUT2D eigenvalue weighted by atomic mass is 9.99. The molecule has 0 saturated carbocycles. The Kier molecular flexibility index (Phi) is 9.18. The topological polar surface area (TPSA) is 35.5 Å². The predicted octanol–water partition coefficient (Wildman–Crippen LogP) is 4.92. The number of benzene rings is 1. The van der Waals surface area contributed by atoms with Crippen LogP contribution in [0.2, 0.25) is 0 Å². The third-order valence-corrected chi connectivity index (χ3v) is 3.09. The molecule has 0 radical (unpaired) electrons. The maximum atomic E-state index is 11.8. The summed E-state index contributed by atoms with van der Waals surface area (Å²) in [5.41, 5.74) is 0.888. The molecule has 0 N–H and O–H groups in total. The van der Waals surface area contributed by atoms with E-state index in [0.717, 1.165) is 5.56 Å². The number of hydrogen-bond acceptors (Lipinski definition) is 3. The van der Waals surface area contributed by atoms with Crippen LogP contribution in [0.1, 0.15) is 47.1 Å². The Hall–Kier alpha value is -1.77. The molecule has 1 atom stereocenters. The van der Waals surface area contributed by atoms with E-state index in [1.54, 1.807) is 12.1 Å². The molecule has 0 aliphatic heterocycles. The maximum absolute atomic E-state index is 11.8. The summed E-state index contributed by atoms with van der Waals surface area (Å²) < 4.78 is 10.6. The van der Waals surface area contributed by atoms with Crippen LogP contribution in [-0.4, -0.2) is 12.6 Å². The number of carbonyl (C=O) groups is 1. The number of carbonyl (C=O) groups excluding carboxylic acids is 1. The molecule has 1 unspecified atom stereocenters. The van der Waals surface area contributed by atoms with Gasteiger partial charge in [0.2, 0.25) is 0 Å². The van der Waals surface area contributed by atoms with E-state index in [1.165, 1.54) is 0 Å². The quantitative estimate of drug-likeness (QED) is 0.424. The van der Waals surface area contributed by atoms with Gasteiger partial charge in [0.1, 0.15) is 11.5 Å². The standard InChI is InChI=1S/C16H22O3.C2H6/c1-6-18-13(5)14-7-9-15(10-8-14)19-16(17)12(4)11(2)3;1-2/h7-12H,5-6H2,1-4H3;1-2H3. The summed E-state index contributed by atoms with van der Waals surface area (Å²) in [5.74, 6) is 1.12. The summed E-state index contributed by atoms with van der Waals surface area (Å²) in [4.78, 5) is 11.8. The average Bonchev–Trinajstić information content (AvgIpc) is 2.49. The monoisotopic (exact) mass is 292 g/mol. The van der Waals surface area contributed by atoms with Gasteiger partial charge in [-0.15, -0.1) is 0 Å². The van der Waals surface area contributed by atoms with Crippen LogP contribution in [0.25, 0.3) is 5.76 Å². The minimum absolute atomic E-state index is 0.113. The lowest BCUT2D eigenvalue weighted by Gasteiger charge is -2.14. The van der Waals surface area contributed by atoms with Crippen molar-refractivity contribution in [2.45, 2.75) is 41.5 Å². The van der Waals surface area contributed by atoms with E-state index in [1.807, 2.05) is 53.7 Å². The number of esters is 1. The first kappa shape index (κ1) is 19.2. The Morgan fingerprint density at radius 2 is 1.67 bits per heavy atom. The van der Waals surface area contributed by atoms with E-state index in [0.29, 0.717) is 18.1 Å². The predicted molar refractivity (Wildman–Crippen MR) is 88.1 cm³/mol. The van der Waals surface area contributed by atoms with E-state index >= 15 is 0 Å².